The van der Waals surface area contributed by atoms with E-state index in [1.54, 1.807) is 4.90 Å². The zero-order chi connectivity index (χ0) is 17.6. The highest BCUT2D eigenvalue weighted by Crippen LogP contribution is 2.22. The second-order valence-corrected chi connectivity index (χ2v) is 6.74. The van der Waals surface area contributed by atoms with Crippen LogP contribution in [0.5, 0.6) is 0 Å². The standard InChI is InChI=1S/C18H28N4O3/c1-24-18(23)22-10-4-5-15(19)16(22)13-25-14-7-11-21(12-8-14)17-6-2-3-9-20-17/h2-3,6,9,14-16H,4-5,7-8,10-13,19H2,1H3/t15-,16-/m0/s1. The van der Waals surface area contributed by atoms with E-state index in [-0.39, 0.29) is 24.3 Å². The highest BCUT2D eigenvalue weighted by atomic mass is 16.5. The molecule has 1 amide bonds. The number of hydrogen-bond acceptors (Lipinski definition) is 6. The molecular weight excluding hydrogens is 320 g/mol. The van der Waals surface area contributed by atoms with Crippen molar-refractivity contribution in [2.75, 3.05) is 38.3 Å². The van der Waals surface area contributed by atoms with Crippen molar-refractivity contribution >= 4 is 11.9 Å². The van der Waals surface area contributed by atoms with Gasteiger partial charge in [-0.2, -0.15) is 0 Å². The molecule has 3 rings (SSSR count). The summed E-state index contributed by atoms with van der Waals surface area (Å²) in [4.78, 5) is 20.4. The van der Waals surface area contributed by atoms with Crippen molar-refractivity contribution < 1.29 is 14.3 Å². The SMILES string of the molecule is COC(=O)N1CCC[C@H](N)[C@@H]1COC1CCN(c2ccccn2)CC1. The fraction of sp³-hybridized carbons (Fsp3) is 0.667. The van der Waals surface area contributed by atoms with Crippen molar-refractivity contribution in [3.8, 4) is 0 Å². The quantitative estimate of drug-likeness (QED) is 0.891. The number of carbonyl (C=O) groups is 1. The van der Waals surface area contributed by atoms with Gasteiger partial charge in [0.05, 0.1) is 25.9 Å². The summed E-state index contributed by atoms with van der Waals surface area (Å²) in [5, 5.41) is 0. The van der Waals surface area contributed by atoms with Crippen molar-refractivity contribution in [2.45, 2.75) is 43.9 Å². The fourth-order valence-electron chi connectivity index (χ4n) is 3.67. The lowest BCUT2D eigenvalue weighted by atomic mass is 9.98. The molecule has 2 saturated heterocycles. The molecule has 2 aliphatic heterocycles. The van der Waals surface area contributed by atoms with E-state index in [4.69, 9.17) is 15.2 Å². The zero-order valence-corrected chi connectivity index (χ0v) is 14.8. The molecule has 0 spiro atoms. The summed E-state index contributed by atoms with van der Waals surface area (Å²) in [5.74, 6) is 1.02. The van der Waals surface area contributed by atoms with Gasteiger partial charge in [0.25, 0.3) is 0 Å². The van der Waals surface area contributed by atoms with Gasteiger partial charge in [0, 0.05) is 31.9 Å². The van der Waals surface area contributed by atoms with Crippen LogP contribution in [0.15, 0.2) is 24.4 Å². The predicted molar refractivity (Wildman–Crippen MR) is 95.5 cm³/mol. The van der Waals surface area contributed by atoms with Crippen molar-refractivity contribution in [3.05, 3.63) is 24.4 Å². The topological polar surface area (TPSA) is 80.9 Å². The van der Waals surface area contributed by atoms with Gasteiger partial charge in [-0.25, -0.2) is 9.78 Å². The molecule has 0 bridgehead atoms. The van der Waals surface area contributed by atoms with E-state index in [2.05, 4.69) is 9.88 Å². The maximum Gasteiger partial charge on any atom is 0.409 e. The molecule has 0 saturated carbocycles. The van der Waals surface area contributed by atoms with Gasteiger partial charge in [0.15, 0.2) is 0 Å². The van der Waals surface area contributed by atoms with Crippen LogP contribution in [0.25, 0.3) is 0 Å². The minimum absolute atomic E-state index is 0.0542. The molecule has 1 aromatic rings. The Bertz CT molecular complexity index is 549. The maximum atomic E-state index is 12.0. The van der Waals surface area contributed by atoms with Gasteiger partial charge in [-0.1, -0.05) is 6.07 Å². The molecule has 2 fully saturated rings. The average molecular weight is 348 g/mol. The Labute approximate surface area is 149 Å². The van der Waals surface area contributed by atoms with E-state index < -0.39 is 0 Å². The van der Waals surface area contributed by atoms with E-state index in [0.717, 1.165) is 44.6 Å². The van der Waals surface area contributed by atoms with Gasteiger partial charge in [-0.3, -0.25) is 0 Å². The predicted octanol–water partition coefficient (Wildman–Crippen LogP) is 1.63. The van der Waals surface area contributed by atoms with Crippen molar-refractivity contribution in [1.29, 1.82) is 0 Å². The largest absolute Gasteiger partial charge is 0.453 e. The summed E-state index contributed by atoms with van der Waals surface area (Å²) in [5.41, 5.74) is 6.23. The van der Waals surface area contributed by atoms with Crippen molar-refractivity contribution in [1.82, 2.24) is 9.88 Å². The Hall–Kier alpha value is -1.86. The number of carbonyl (C=O) groups excluding carboxylic acids is 1. The van der Waals surface area contributed by atoms with Crippen LogP contribution >= 0.6 is 0 Å². The monoisotopic (exact) mass is 348 g/mol. The van der Waals surface area contributed by atoms with Gasteiger partial charge >= 0.3 is 6.09 Å². The van der Waals surface area contributed by atoms with Crippen LogP contribution in [0.2, 0.25) is 0 Å². The summed E-state index contributed by atoms with van der Waals surface area (Å²) in [6.07, 6.45) is 5.45. The molecule has 25 heavy (non-hydrogen) atoms. The summed E-state index contributed by atoms with van der Waals surface area (Å²) >= 11 is 0. The van der Waals surface area contributed by atoms with Gasteiger partial charge in [-0.15, -0.1) is 0 Å². The molecule has 138 valence electrons. The third kappa shape index (κ3) is 4.41. The van der Waals surface area contributed by atoms with Crippen molar-refractivity contribution in [3.63, 3.8) is 0 Å². The number of rotatable bonds is 4. The first-order chi connectivity index (χ1) is 12.2. The molecule has 7 nitrogen and oxygen atoms in total. The first-order valence-electron chi connectivity index (χ1n) is 9.07. The fourth-order valence-corrected chi connectivity index (χ4v) is 3.67. The molecule has 2 N–H and O–H groups in total. The smallest absolute Gasteiger partial charge is 0.409 e. The minimum atomic E-state index is -0.311. The second kappa shape index (κ2) is 8.49. The Kier molecular flexibility index (Phi) is 6.09. The number of methoxy groups -OCH3 is 1. The van der Waals surface area contributed by atoms with Gasteiger partial charge < -0.3 is 25.0 Å². The second-order valence-electron chi connectivity index (χ2n) is 6.74. The molecule has 1 aromatic heterocycles. The molecular formula is C18H28N4O3. The van der Waals surface area contributed by atoms with Gasteiger partial charge in [0.2, 0.25) is 0 Å². The summed E-state index contributed by atoms with van der Waals surface area (Å²) in [6, 6.07) is 5.82. The molecule has 0 radical (unpaired) electrons. The number of anilines is 1. The number of nitrogens with two attached hydrogens (primary N) is 1. The van der Waals surface area contributed by atoms with E-state index in [1.165, 1.54) is 7.11 Å². The third-order valence-electron chi connectivity index (χ3n) is 5.16. The number of piperidine rings is 2. The highest BCUT2D eigenvalue weighted by Gasteiger charge is 2.34. The molecule has 3 heterocycles. The first-order valence-corrected chi connectivity index (χ1v) is 9.07. The molecule has 2 atom stereocenters. The zero-order valence-electron chi connectivity index (χ0n) is 14.8. The number of ether oxygens (including phenoxy) is 2. The van der Waals surface area contributed by atoms with Crippen LogP contribution in [0.1, 0.15) is 25.7 Å². The lowest BCUT2D eigenvalue weighted by Gasteiger charge is -2.40. The Morgan fingerprint density at radius 3 is 2.76 bits per heavy atom. The Balaban J connectivity index is 1.49. The molecule has 0 unspecified atom stereocenters. The number of nitrogens with zero attached hydrogens (tertiary/aromatic N) is 3. The molecule has 2 aliphatic rings. The number of amides is 1. The van der Waals surface area contributed by atoms with Crippen LogP contribution in [-0.2, 0) is 9.47 Å². The van der Waals surface area contributed by atoms with Gasteiger partial charge in [0.1, 0.15) is 5.82 Å². The van der Waals surface area contributed by atoms with Crippen molar-refractivity contribution in [2.24, 2.45) is 5.73 Å². The number of hydrogen-bond donors (Lipinski definition) is 1. The normalized spacial score (nSPS) is 25.0. The summed E-state index contributed by atoms with van der Waals surface area (Å²) in [6.45, 7) is 3.02. The molecule has 7 heteroatoms. The number of aromatic nitrogens is 1. The van der Waals surface area contributed by atoms with Crippen LogP contribution in [0, 0.1) is 0 Å². The van der Waals surface area contributed by atoms with Crippen LogP contribution in [0.3, 0.4) is 0 Å². The lowest BCUT2D eigenvalue weighted by Crippen LogP contribution is -2.56. The van der Waals surface area contributed by atoms with Crippen LogP contribution in [-0.4, -0.2) is 67.5 Å². The van der Waals surface area contributed by atoms with Crippen LogP contribution in [0.4, 0.5) is 10.6 Å². The minimum Gasteiger partial charge on any atom is -0.453 e. The van der Waals surface area contributed by atoms with E-state index in [0.29, 0.717) is 13.2 Å². The Morgan fingerprint density at radius 1 is 1.28 bits per heavy atom. The number of pyridine rings is 1. The van der Waals surface area contributed by atoms with E-state index in [1.807, 2.05) is 24.4 Å². The summed E-state index contributed by atoms with van der Waals surface area (Å²) in [7, 11) is 1.41. The van der Waals surface area contributed by atoms with E-state index >= 15 is 0 Å². The number of likely N-dealkylation sites (tertiary alicyclic amines) is 1. The van der Waals surface area contributed by atoms with E-state index in [9.17, 15) is 4.79 Å². The van der Waals surface area contributed by atoms with Crippen LogP contribution < -0.4 is 10.6 Å². The maximum absolute atomic E-state index is 12.0. The first kappa shape index (κ1) is 17.9. The molecule has 0 aliphatic carbocycles. The Morgan fingerprint density at radius 2 is 2.08 bits per heavy atom. The van der Waals surface area contributed by atoms with Gasteiger partial charge in [-0.05, 0) is 37.8 Å². The third-order valence-corrected chi connectivity index (χ3v) is 5.16. The highest BCUT2D eigenvalue weighted by molar-refractivity contribution is 5.68. The average Bonchev–Trinajstić information content (AvgIpc) is 2.67. The summed E-state index contributed by atoms with van der Waals surface area (Å²) < 4.78 is 11.0. The molecule has 0 aromatic carbocycles. The lowest BCUT2D eigenvalue weighted by molar-refractivity contribution is -0.0163.